The lowest BCUT2D eigenvalue weighted by molar-refractivity contribution is -0.137. The van der Waals surface area contributed by atoms with Gasteiger partial charge in [0.1, 0.15) is 5.56 Å². The van der Waals surface area contributed by atoms with E-state index in [9.17, 15) is 22.8 Å². The first kappa shape index (κ1) is 19.9. The van der Waals surface area contributed by atoms with Crippen molar-refractivity contribution in [3.63, 3.8) is 0 Å². The number of rotatable bonds is 2. The number of hydrogen-bond acceptors (Lipinski definition) is 3. The van der Waals surface area contributed by atoms with Crippen LogP contribution in [0.5, 0.6) is 0 Å². The lowest BCUT2D eigenvalue weighted by Gasteiger charge is -2.11. The maximum Gasteiger partial charge on any atom is 0.416 e. The first-order valence-corrected chi connectivity index (χ1v) is 9.13. The summed E-state index contributed by atoms with van der Waals surface area (Å²) in [6.07, 6.45) is -4.61. The fourth-order valence-electron chi connectivity index (χ4n) is 2.30. The van der Waals surface area contributed by atoms with E-state index >= 15 is 0 Å². The van der Waals surface area contributed by atoms with E-state index in [0.717, 1.165) is 12.1 Å². The normalized spacial score (nSPS) is 11.6. The van der Waals surface area contributed by atoms with Gasteiger partial charge in [-0.2, -0.15) is 13.2 Å². The lowest BCUT2D eigenvalue weighted by Crippen LogP contribution is -2.21. The van der Waals surface area contributed by atoms with Crippen LogP contribution in [0.2, 0.25) is 5.02 Å². The highest BCUT2D eigenvalue weighted by atomic mass is 79.9. The molecule has 1 N–H and O–H groups in total. The second-order valence-electron chi connectivity index (χ2n) is 5.40. The topological polar surface area (TPSA) is 59.3 Å². The molecule has 2 aromatic carbocycles. The molecular weight excluding hydrogens is 518 g/mol. The first-order chi connectivity index (χ1) is 12.6. The Hall–Kier alpha value is -1.84. The van der Waals surface area contributed by atoms with Gasteiger partial charge in [0.25, 0.3) is 5.91 Å². The molecule has 0 atom stereocenters. The molecule has 3 aromatic rings. The molecule has 10 heteroatoms. The monoisotopic (exact) mass is 523 g/mol. The van der Waals surface area contributed by atoms with Crippen LogP contribution in [0, 0.1) is 0 Å². The standard InChI is InChI=1S/C17H7Br2ClF3NO3/c18-9-3-7-4-10(16(26)27-14(7)11(19)6-9)15(25)24-13-5-8(17(21,22)23)1-2-12(13)20/h1-6H,(H,24,25). The Labute approximate surface area is 171 Å². The second kappa shape index (κ2) is 7.29. The molecule has 4 nitrogen and oxygen atoms in total. The Bertz CT molecular complexity index is 1130. The third-order valence-electron chi connectivity index (χ3n) is 3.54. The number of benzene rings is 2. The molecule has 0 fully saturated rings. The van der Waals surface area contributed by atoms with Crippen molar-refractivity contribution in [2.45, 2.75) is 6.18 Å². The van der Waals surface area contributed by atoms with Gasteiger partial charge in [-0.3, -0.25) is 4.79 Å². The fraction of sp³-hybridized carbons (Fsp3) is 0.0588. The van der Waals surface area contributed by atoms with Gasteiger partial charge in [-0.05, 0) is 52.3 Å². The van der Waals surface area contributed by atoms with E-state index in [2.05, 4.69) is 37.2 Å². The van der Waals surface area contributed by atoms with E-state index in [0.29, 0.717) is 20.4 Å². The average molecular weight is 526 g/mol. The van der Waals surface area contributed by atoms with Gasteiger partial charge >= 0.3 is 11.8 Å². The molecule has 0 aliphatic carbocycles. The zero-order valence-corrected chi connectivity index (χ0v) is 16.9. The van der Waals surface area contributed by atoms with Gasteiger partial charge in [0.2, 0.25) is 0 Å². The van der Waals surface area contributed by atoms with Crippen LogP contribution < -0.4 is 10.9 Å². The molecule has 0 bridgehead atoms. The minimum Gasteiger partial charge on any atom is -0.421 e. The maximum atomic E-state index is 12.8. The van der Waals surface area contributed by atoms with Gasteiger partial charge in [-0.1, -0.05) is 27.5 Å². The molecule has 140 valence electrons. The van der Waals surface area contributed by atoms with Crippen LogP contribution in [0.4, 0.5) is 18.9 Å². The van der Waals surface area contributed by atoms with Crippen molar-refractivity contribution in [3.05, 3.63) is 71.9 Å². The van der Waals surface area contributed by atoms with Crippen molar-refractivity contribution in [2.75, 3.05) is 5.32 Å². The minimum atomic E-state index is -4.61. The largest absolute Gasteiger partial charge is 0.421 e. The van der Waals surface area contributed by atoms with Crippen LogP contribution in [0.3, 0.4) is 0 Å². The third-order valence-corrected chi connectivity index (χ3v) is 4.91. The number of carbonyl (C=O) groups is 1. The second-order valence-corrected chi connectivity index (χ2v) is 7.58. The maximum absolute atomic E-state index is 12.8. The van der Waals surface area contributed by atoms with E-state index in [1.54, 1.807) is 12.1 Å². The smallest absolute Gasteiger partial charge is 0.416 e. The SMILES string of the molecule is O=C(Nc1cc(C(F)(F)F)ccc1Cl)c1cc2cc(Br)cc(Br)c2oc1=O. The highest BCUT2D eigenvalue weighted by molar-refractivity contribution is 9.11. The van der Waals surface area contributed by atoms with Gasteiger partial charge in [0.05, 0.1) is 20.7 Å². The number of hydrogen-bond donors (Lipinski definition) is 1. The van der Waals surface area contributed by atoms with Gasteiger partial charge in [0, 0.05) is 9.86 Å². The summed E-state index contributed by atoms with van der Waals surface area (Å²) in [5, 5.41) is 2.56. The van der Waals surface area contributed by atoms with Crippen molar-refractivity contribution in [1.29, 1.82) is 0 Å². The van der Waals surface area contributed by atoms with Crippen LogP contribution >= 0.6 is 43.5 Å². The Balaban J connectivity index is 2.02. The number of amides is 1. The Morgan fingerprint density at radius 2 is 1.81 bits per heavy atom. The number of fused-ring (bicyclic) bond motifs is 1. The summed E-state index contributed by atoms with van der Waals surface area (Å²) in [6.45, 7) is 0. The highest BCUT2D eigenvalue weighted by Crippen LogP contribution is 2.34. The van der Waals surface area contributed by atoms with E-state index in [1.807, 2.05) is 0 Å². The van der Waals surface area contributed by atoms with E-state index in [4.69, 9.17) is 16.0 Å². The summed E-state index contributed by atoms with van der Waals surface area (Å²) in [6, 6.07) is 7.06. The molecule has 0 spiro atoms. The van der Waals surface area contributed by atoms with Crippen molar-refractivity contribution < 1.29 is 22.4 Å². The number of carbonyl (C=O) groups excluding carboxylic acids is 1. The van der Waals surface area contributed by atoms with Crippen LogP contribution in [0.25, 0.3) is 11.0 Å². The van der Waals surface area contributed by atoms with E-state index < -0.39 is 23.3 Å². The molecule has 0 saturated heterocycles. The number of nitrogens with one attached hydrogen (secondary N) is 1. The first-order valence-electron chi connectivity index (χ1n) is 7.17. The number of anilines is 1. The molecule has 1 aromatic heterocycles. The molecule has 0 aliphatic rings. The highest BCUT2D eigenvalue weighted by Gasteiger charge is 2.31. The van der Waals surface area contributed by atoms with Crippen molar-refractivity contribution in [2.24, 2.45) is 0 Å². The fourth-order valence-corrected chi connectivity index (χ4v) is 3.81. The van der Waals surface area contributed by atoms with E-state index in [1.165, 1.54) is 6.07 Å². The van der Waals surface area contributed by atoms with Crippen LogP contribution in [-0.2, 0) is 6.18 Å². The molecule has 0 radical (unpaired) electrons. The number of alkyl halides is 3. The summed E-state index contributed by atoms with van der Waals surface area (Å²) in [4.78, 5) is 24.6. The van der Waals surface area contributed by atoms with Gasteiger partial charge < -0.3 is 9.73 Å². The molecule has 27 heavy (non-hydrogen) atoms. The van der Waals surface area contributed by atoms with Crippen molar-refractivity contribution in [3.8, 4) is 0 Å². The molecule has 0 saturated carbocycles. The summed E-state index contributed by atoms with van der Waals surface area (Å²) >= 11 is 12.4. The summed E-state index contributed by atoms with van der Waals surface area (Å²) in [5.41, 5.74) is -2.34. The van der Waals surface area contributed by atoms with Crippen molar-refractivity contribution in [1.82, 2.24) is 0 Å². The zero-order valence-electron chi connectivity index (χ0n) is 13.0. The molecule has 0 unspecified atom stereocenters. The summed E-state index contributed by atoms with van der Waals surface area (Å²) < 4.78 is 44.8. The van der Waals surface area contributed by atoms with Crippen LogP contribution in [-0.4, -0.2) is 5.91 Å². The van der Waals surface area contributed by atoms with Crippen molar-refractivity contribution >= 4 is 66.0 Å². The quantitative estimate of drug-likeness (QED) is 0.403. The van der Waals surface area contributed by atoms with Gasteiger partial charge in [-0.15, -0.1) is 0 Å². The molecule has 0 aliphatic heterocycles. The Kier molecular flexibility index (Phi) is 5.38. The van der Waals surface area contributed by atoms with Gasteiger partial charge in [0.15, 0.2) is 5.58 Å². The minimum absolute atomic E-state index is 0.105. The Morgan fingerprint density at radius 3 is 2.48 bits per heavy atom. The Morgan fingerprint density at radius 1 is 1.11 bits per heavy atom. The molecule has 1 amide bonds. The predicted molar refractivity (Wildman–Crippen MR) is 102 cm³/mol. The molecule has 1 heterocycles. The average Bonchev–Trinajstić information content (AvgIpc) is 2.56. The van der Waals surface area contributed by atoms with Gasteiger partial charge in [-0.25, -0.2) is 4.79 Å². The third kappa shape index (κ3) is 4.20. The summed E-state index contributed by atoms with van der Waals surface area (Å²) in [5.74, 6) is -0.942. The molecular formula is C17H7Br2ClF3NO3. The van der Waals surface area contributed by atoms with Crippen LogP contribution in [0.1, 0.15) is 15.9 Å². The number of halogens is 6. The van der Waals surface area contributed by atoms with Crippen LogP contribution in [0.15, 0.2) is 54.6 Å². The summed E-state index contributed by atoms with van der Waals surface area (Å²) in [7, 11) is 0. The molecule has 3 rings (SSSR count). The zero-order chi connectivity index (χ0) is 19.9. The predicted octanol–water partition coefficient (Wildman–Crippen LogP) is 6.24. The van der Waals surface area contributed by atoms with E-state index in [-0.39, 0.29) is 21.9 Å². The lowest BCUT2D eigenvalue weighted by atomic mass is 10.1.